The van der Waals surface area contributed by atoms with Crippen LogP contribution < -0.4 is 5.32 Å². The van der Waals surface area contributed by atoms with Crippen LogP contribution in [-0.4, -0.2) is 13.1 Å². The Kier molecular flexibility index (Phi) is 6.40. The Hall–Kier alpha value is -0.0500. The Balaban J connectivity index is 2.62. The predicted molar refractivity (Wildman–Crippen MR) is 75.2 cm³/mol. The number of unbranched alkanes of at least 4 members (excludes halogenated alkanes) is 1. The molecule has 0 bridgehead atoms. The maximum Gasteiger partial charge on any atom is 0.0449 e. The summed E-state index contributed by atoms with van der Waals surface area (Å²) >= 11 is 9.63. The van der Waals surface area contributed by atoms with Gasteiger partial charge in [0.25, 0.3) is 0 Å². The second-order valence-electron chi connectivity index (χ2n) is 4.07. The van der Waals surface area contributed by atoms with Gasteiger partial charge < -0.3 is 5.32 Å². The Morgan fingerprint density at radius 2 is 2.19 bits per heavy atom. The zero-order valence-electron chi connectivity index (χ0n) is 9.89. The molecule has 1 nitrogen and oxygen atoms in total. The number of hydrogen-bond acceptors (Lipinski definition) is 1. The smallest absolute Gasteiger partial charge is 0.0449 e. The number of nitrogens with one attached hydrogen (secondary N) is 1. The summed E-state index contributed by atoms with van der Waals surface area (Å²) in [5.41, 5.74) is 1.22. The molecule has 1 atom stereocenters. The zero-order chi connectivity index (χ0) is 12.0. The molecule has 0 heterocycles. The molecule has 90 valence electrons. The van der Waals surface area contributed by atoms with Crippen LogP contribution in [0.25, 0.3) is 0 Å². The third kappa shape index (κ3) is 4.44. The summed E-state index contributed by atoms with van der Waals surface area (Å²) in [7, 11) is 2.02. The fourth-order valence-corrected chi connectivity index (χ4v) is 2.50. The van der Waals surface area contributed by atoms with Gasteiger partial charge in [0.05, 0.1) is 0 Å². The molecule has 1 unspecified atom stereocenters. The number of hydrogen-bond donors (Lipinski definition) is 1. The molecule has 0 aliphatic rings. The monoisotopic (exact) mass is 303 g/mol. The highest BCUT2D eigenvalue weighted by atomic mass is 79.9. The lowest BCUT2D eigenvalue weighted by molar-refractivity contribution is 0.498. The largest absolute Gasteiger partial charge is 0.317 e. The fraction of sp³-hybridized carbons (Fsp3) is 0.538. The van der Waals surface area contributed by atoms with E-state index in [1.165, 1.54) is 24.8 Å². The van der Waals surface area contributed by atoms with E-state index in [1.54, 1.807) is 0 Å². The lowest BCUT2D eigenvalue weighted by Crippen LogP contribution is -2.27. The highest BCUT2D eigenvalue weighted by molar-refractivity contribution is 9.10. The molecule has 0 saturated heterocycles. The molecule has 0 aliphatic heterocycles. The van der Waals surface area contributed by atoms with Crippen molar-refractivity contribution in [3.63, 3.8) is 0 Å². The molecule has 3 heteroatoms. The zero-order valence-corrected chi connectivity index (χ0v) is 12.2. The molecule has 0 radical (unpaired) electrons. The van der Waals surface area contributed by atoms with E-state index in [9.17, 15) is 0 Å². The van der Waals surface area contributed by atoms with E-state index in [1.807, 2.05) is 19.2 Å². The van der Waals surface area contributed by atoms with Crippen LogP contribution in [0.3, 0.4) is 0 Å². The third-order valence-electron chi connectivity index (χ3n) is 2.80. The minimum atomic E-state index is 0.527. The van der Waals surface area contributed by atoms with Crippen molar-refractivity contribution in [1.82, 2.24) is 5.32 Å². The first kappa shape index (κ1) is 14.0. The third-order valence-corrected chi connectivity index (χ3v) is 3.64. The summed E-state index contributed by atoms with van der Waals surface area (Å²) in [6, 6.07) is 6.64. The molecule has 16 heavy (non-hydrogen) atoms. The van der Waals surface area contributed by atoms with Crippen LogP contribution in [0.2, 0.25) is 5.02 Å². The van der Waals surface area contributed by atoms with Crippen molar-refractivity contribution in [2.24, 2.45) is 0 Å². The van der Waals surface area contributed by atoms with Gasteiger partial charge in [-0.25, -0.2) is 0 Å². The molecule has 0 aliphatic carbocycles. The quantitative estimate of drug-likeness (QED) is 0.820. The molecule has 1 rings (SSSR count). The second kappa shape index (κ2) is 7.31. The van der Waals surface area contributed by atoms with Crippen molar-refractivity contribution in [1.29, 1.82) is 0 Å². The molecule has 0 aromatic heterocycles. The highest BCUT2D eigenvalue weighted by Gasteiger charge is 2.09. The van der Waals surface area contributed by atoms with Gasteiger partial charge in [0.1, 0.15) is 0 Å². The van der Waals surface area contributed by atoms with Crippen molar-refractivity contribution in [3.8, 4) is 0 Å². The summed E-state index contributed by atoms with van der Waals surface area (Å²) in [4.78, 5) is 0. The summed E-state index contributed by atoms with van der Waals surface area (Å²) in [6.07, 6.45) is 4.72. The molecular weight excluding hydrogens is 286 g/mol. The normalized spacial score (nSPS) is 12.8. The van der Waals surface area contributed by atoms with E-state index in [2.05, 4.69) is 34.2 Å². The van der Waals surface area contributed by atoms with Crippen LogP contribution in [-0.2, 0) is 6.42 Å². The van der Waals surface area contributed by atoms with Crippen LogP contribution in [0.4, 0.5) is 0 Å². The average molecular weight is 305 g/mol. The van der Waals surface area contributed by atoms with Gasteiger partial charge in [-0.3, -0.25) is 0 Å². The van der Waals surface area contributed by atoms with Crippen molar-refractivity contribution < 1.29 is 0 Å². The Morgan fingerprint density at radius 1 is 1.44 bits per heavy atom. The topological polar surface area (TPSA) is 12.0 Å². The molecule has 0 amide bonds. The molecular formula is C13H19BrClN. The van der Waals surface area contributed by atoms with E-state index in [0.29, 0.717) is 6.04 Å². The van der Waals surface area contributed by atoms with Gasteiger partial charge in [-0.15, -0.1) is 0 Å². The number of rotatable bonds is 6. The molecule has 0 saturated carbocycles. The van der Waals surface area contributed by atoms with E-state index in [-0.39, 0.29) is 0 Å². The fourth-order valence-electron chi connectivity index (χ4n) is 1.75. The van der Waals surface area contributed by atoms with Crippen LogP contribution in [0, 0.1) is 0 Å². The van der Waals surface area contributed by atoms with Gasteiger partial charge in [0.15, 0.2) is 0 Å². The van der Waals surface area contributed by atoms with Gasteiger partial charge >= 0.3 is 0 Å². The summed E-state index contributed by atoms with van der Waals surface area (Å²) in [5.74, 6) is 0. The minimum absolute atomic E-state index is 0.527. The molecule has 1 N–H and O–H groups in total. The number of likely N-dealkylation sites (N-methyl/N-ethyl adjacent to an activating group) is 1. The Morgan fingerprint density at radius 3 is 2.75 bits per heavy atom. The van der Waals surface area contributed by atoms with E-state index in [0.717, 1.165) is 15.9 Å². The van der Waals surface area contributed by atoms with Gasteiger partial charge in [-0.1, -0.05) is 53.4 Å². The minimum Gasteiger partial charge on any atom is -0.317 e. The standard InChI is InChI=1S/C13H19BrClN/c1-3-4-5-12(16-2)8-10-6-7-11(14)9-13(10)15/h6-7,9,12,16H,3-5,8H2,1-2H3. The maximum absolute atomic E-state index is 6.21. The van der Waals surface area contributed by atoms with Crippen LogP contribution in [0.15, 0.2) is 22.7 Å². The maximum atomic E-state index is 6.21. The lowest BCUT2D eigenvalue weighted by atomic mass is 10.0. The van der Waals surface area contributed by atoms with E-state index in [4.69, 9.17) is 11.6 Å². The predicted octanol–water partition coefficient (Wildman–Crippen LogP) is 4.42. The van der Waals surface area contributed by atoms with Crippen LogP contribution in [0.1, 0.15) is 31.7 Å². The molecule has 1 aromatic rings. The van der Waals surface area contributed by atoms with Crippen LogP contribution >= 0.6 is 27.5 Å². The number of halogens is 2. The first-order valence-electron chi connectivity index (χ1n) is 5.78. The molecule has 1 aromatic carbocycles. The van der Waals surface area contributed by atoms with Crippen molar-refractivity contribution in [2.45, 2.75) is 38.6 Å². The van der Waals surface area contributed by atoms with E-state index < -0.39 is 0 Å². The van der Waals surface area contributed by atoms with Crippen LogP contribution in [0.5, 0.6) is 0 Å². The van der Waals surface area contributed by atoms with Crippen molar-refractivity contribution >= 4 is 27.5 Å². The first-order valence-corrected chi connectivity index (χ1v) is 6.95. The summed E-state index contributed by atoms with van der Waals surface area (Å²) < 4.78 is 1.04. The Bertz CT molecular complexity index is 328. The van der Waals surface area contributed by atoms with Gasteiger partial charge in [0, 0.05) is 15.5 Å². The summed E-state index contributed by atoms with van der Waals surface area (Å²) in [5, 5.41) is 4.21. The summed E-state index contributed by atoms with van der Waals surface area (Å²) in [6.45, 7) is 2.22. The SMILES string of the molecule is CCCCC(Cc1ccc(Br)cc1Cl)NC. The Labute approximate surface area is 112 Å². The van der Waals surface area contributed by atoms with Gasteiger partial charge in [-0.05, 0) is 37.6 Å². The van der Waals surface area contributed by atoms with Gasteiger partial charge in [-0.2, -0.15) is 0 Å². The average Bonchev–Trinajstić information content (AvgIpc) is 2.27. The highest BCUT2D eigenvalue weighted by Crippen LogP contribution is 2.23. The van der Waals surface area contributed by atoms with Crippen molar-refractivity contribution in [2.75, 3.05) is 7.05 Å². The second-order valence-corrected chi connectivity index (χ2v) is 5.39. The number of benzene rings is 1. The lowest BCUT2D eigenvalue weighted by Gasteiger charge is -2.16. The van der Waals surface area contributed by atoms with Gasteiger partial charge in [0.2, 0.25) is 0 Å². The van der Waals surface area contributed by atoms with Crippen molar-refractivity contribution in [3.05, 3.63) is 33.3 Å². The first-order chi connectivity index (χ1) is 7.67. The van der Waals surface area contributed by atoms with E-state index >= 15 is 0 Å². The molecule has 0 spiro atoms. The molecule has 0 fully saturated rings.